The number of nitrogens with one attached hydrogen (secondary N) is 1. The maximum atomic E-state index is 12.4. The van der Waals surface area contributed by atoms with E-state index < -0.39 is 18.6 Å². The summed E-state index contributed by atoms with van der Waals surface area (Å²) in [7, 11) is 0. The standard InChI is InChI=1S/C14H12BrF3N2O/c15-11-5-3-10(4-6-11)8-19-13(21)12-2-1-7-20(12)9-14(16,17)18/h1-7H,8-9H2,(H,19,21). The Labute approximate surface area is 127 Å². The Bertz CT molecular complexity index is 620. The van der Waals surface area contributed by atoms with Gasteiger partial charge in [-0.05, 0) is 29.8 Å². The highest BCUT2D eigenvalue weighted by molar-refractivity contribution is 9.10. The third-order valence-electron chi connectivity index (χ3n) is 2.78. The molecule has 0 unspecified atom stereocenters. The molecule has 0 aliphatic rings. The van der Waals surface area contributed by atoms with Crippen molar-refractivity contribution >= 4 is 21.8 Å². The molecule has 1 N–H and O–H groups in total. The number of carbonyl (C=O) groups excluding carboxylic acids is 1. The minimum atomic E-state index is -4.36. The van der Waals surface area contributed by atoms with Crippen LogP contribution in [0.2, 0.25) is 0 Å². The minimum Gasteiger partial charge on any atom is -0.347 e. The third kappa shape index (κ3) is 4.63. The van der Waals surface area contributed by atoms with Crippen LogP contribution >= 0.6 is 15.9 Å². The van der Waals surface area contributed by atoms with E-state index in [0.29, 0.717) is 0 Å². The number of hydrogen-bond donors (Lipinski definition) is 1. The summed E-state index contributed by atoms with van der Waals surface area (Å²) in [5, 5.41) is 2.60. The molecular formula is C14H12BrF3N2O. The smallest absolute Gasteiger partial charge is 0.347 e. The monoisotopic (exact) mass is 360 g/mol. The number of halogens is 4. The number of amides is 1. The second-order valence-electron chi connectivity index (χ2n) is 4.45. The molecule has 1 amide bonds. The zero-order valence-corrected chi connectivity index (χ0v) is 12.4. The van der Waals surface area contributed by atoms with E-state index in [9.17, 15) is 18.0 Å². The molecule has 7 heteroatoms. The molecular weight excluding hydrogens is 349 g/mol. The highest BCUT2D eigenvalue weighted by atomic mass is 79.9. The molecule has 0 atom stereocenters. The first-order valence-corrected chi connectivity index (χ1v) is 6.89. The number of benzene rings is 1. The first-order chi connectivity index (χ1) is 9.85. The Morgan fingerprint density at radius 3 is 2.48 bits per heavy atom. The van der Waals surface area contributed by atoms with Crippen molar-refractivity contribution in [3.8, 4) is 0 Å². The van der Waals surface area contributed by atoms with E-state index in [-0.39, 0.29) is 12.2 Å². The Balaban J connectivity index is 2.01. The van der Waals surface area contributed by atoms with Crippen LogP contribution in [0.4, 0.5) is 13.2 Å². The van der Waals surface area contributed by atoms with Crippen LogP contribution < -0.4 is 5.32 Å². The average Bonchev–Trinajstić information content (AvgIpc) is 2.83. The fourth-order valence-corrected chi connectivity index (χ4v) is 2.09. The van der Waals surface area contributed by atoms with E-state index in [2.05, 4.69) is 21.2 Å². The second-order valence-corrected chi connectivity index (χ2v) is 5.36. The molecule has 0 fully saturated rings. The van der Waals surface area contributed by atoms with Crippen LogP contribution in [0.1, 0.15) is 16.1 Å². The van der Waals surface area contributed by atoms with Crippen molar-refractivity contribution in [1.29, 1.82) is 0 Å². The van der Waals surface area contributed by atoms with E-state index in [4.69, 9.17) is 0 Å². The highest BCUT2D eigenvalue weighted by Gasteiger charge is 2.29. The van der Waals surface area contributed by atoms with Gasteiger partial charge in [-0.2, -0.15) is 13.2 Å². The van der Waals surface area contributed by atoms with Crippen LogP contribution in [-0.2, 0) is 13.1 Å². The number of alkyl halides is 3. The van der Waals surface area contributed by atoms with Gasteiger partial charge in [0.05, 0.1) is 0 Å². The summed E-state index contributed by atoms with van der Waals surface area (Å²) in [6, 6.07) is 10.1. The maximum Gasteiger partial charge on any atom is 0.406 e. The SMILES string of the molecule is O=C(NCc1ccc(Br)cc1)c1cccn1CC(F)(F)F. The predicted octanol–water partition coefficient (Wildman–Crippen LogP) is 3.74. The summed E-state index contributed by atoms with van der Waals surface area (Å²) >= 11 is 3.30. The lowest BCUT2D eigenvalue weighted by molar-refractivity contribution is -0.140. The van der Waals surface area contributed by atoms with Crippen molar-refractivity contribution < 1.29 is 18.0 Å². The minimum absolute atomic E-state index is 0.00978. The van der Waals surface area contributed by atoms with Gasteiger partial charge in [0.25, 0.3) is 5.91 Å². The fourth-order valence-electron chi connectivity index (χ4n) is 1.83. The Hall–Kier alpha value is -1.76. The quantitative estimate of drug-likeness (QED) is 0.885. The summed E-state index contributed by atoms with van der Waals surface area (Å²) in [6.07, 6.45) is -3.12. The van der Waals surface area contributed by atoms with Gasteiger partial charge in [-0.1, -0.05) is 28.1 Å². The lowest BCUT2D eigenvalue weighted by Gasteiger charge is -2.12. The van der Waals surface area contributed by atoms with Gasteiger partial charge in [-0.15, -0.1) is 0 Å². The summed E-state index contributed by atoms with van der Waals surface area (Å²) in [6.45, 7) is -0.926. The molecule has 1 aromatic carbocycles. The van der Waals surface area contributed by atoms with Crippen molar-refractivity contribution in [2.24, 2.45) is 0 Å². The van der Waals surface area contributed by atoms with Gasteiger partial charge in [0.15, 0.2) is 0 Å². The zero-order valence-electron chi connectivity index (χ0n) is 10.8. The number of rotatable bonds is 4. The van der Waals surface area contributed by atoms with Crippen LogP contribution in [0.3, 0.4) is 0 Å². The fraction of sp³-hybridized carbons (Fsp3) is 0.214. The summed E-state index contributed by atoms with van der Waals surface area (Å²) in [5.74, 6) is -0.535. The van der Waals surface area contributed by atoms with Crippen LogP contribution in [-0.4, -0.2) is 16.7 Å². The van der Waals surface area contributed by atoms with Gasteiger partial charge in [-0.3, -0.25) is 4.79 Å². The number of nitrogens with zero attached hydrogens (tertiary/aromatic N) is 1. The van der Waals surface area contributed by atoms with E-state index in [0.717, 1.165) is 14.6 Å². The molecule has 1 heterocycles. The number of hydrogen-bond acceptors (Lipinski definition) is 1. The van der Waals surface area contributed by atoms with E-state index >= 15 is 0 Å². The van der Waals surface area contributed by atoms with E-state index in [1.807, 2.05) is 24.3 Å². The third-order valence-corrected chi connectivity index (χ3v) is 3.31. The Kier molecular flexibility index (Phi) is 4.72. The Morgan fingerprint density at radius 2 is 1.86 bits per heavy atom. The van der Waals surface area contributed by atoms with Gasteiger partial charge in [0, 0.05) is 17.2 Å². The van der Waals surface area contributed by atoms with Gasteiger partial charge in [0.2, 0.25) is 0 Å². The van der Waals surface area contributed by atoms with Crippen molar-refractivity contribution in [3.63, 3.8) is 0 Å². The van der Waals surface area contributed by atoms with Crippen molar-refractivity contribution in [1.82, 2.24) is 9.88 Å². The van der Waals surface area contributed by atoms with Crippen molar-refractivity contribution in [2.75, 3.05) is 0 Å². The summed E-state index contributed by atoms with van der Waals surface area (Å²) in [4.78, 5) is 11.9. The number of carbonyl (C=O) groups is 1. The average molecular weight is 361 g/mol. The van der Waals surface area contributed by atoms with Gasteiger partial charge < -0.3 is 9.88 Å². The normalized spacial score (nSPS) is 11.4. The molecule has 2 rings (SSSR count). The van der Waals surface area contributed by atoms with Crippen LogP contribution in [0.5, 0.6) is 0 Å². The lowest BCUT2D eigenvalue weighted by atomic mass is 10.2. The summed E-state index contributed by atoms with van der Waals surface area (Å²) in [5.41, 5.74) is 0.852. The molecule has 112 valence electrons. The zero-order chi connectivity index (χ0) is 15.5. The highest BCUT2D eigenvalue weighted by Crippen LogP contribution is 2.19. The molecule has 0 aliphatic carbocycles. The molecule has 2 aromatic rings. The van der Waals surface area contributed by atoms with Crippen molar-refractivity contribution in [3.05, 3.63) is 58.3 Å². The second kappa shape index (κ2) is 6.34. The van der Waals surface area contributed by atoms with Crippen LogP contribution in [0.15, 0.2) is 47.1 Å². The summed E-state index contributed by atoms with van der Waals surface area (Å²) < 4.78 is 39.0. The molecule has 0 saturated carbocycles. The van der Waals surface area contributed by atoms with Gasteiger partial charge >= 0.3 is 6.18 Å². The molecule has 3 nitrogen and oxygen atoms in total. The molecule has 0 spiro atoms. The predicted molar refractivity (Wildman–Crippen MR) is 75.8 cm³/mol. The van der Waals surface area contributed by atoms with E-state index in [1.54, 1.807) is 0 Å². The first kappa shape index (κ1) is 15.6. The number of aromatic nitrogens is 1. The molecule has 0 saturated heterocycles. The molecule has 0 radical (unpaired) electrons. The Morgan fingerprint density at radius 1 is 1.19 bits per heavy atom. The van der Waals surface area contributed by atoms with E-state index in [1.165, 1.54) is 18.3 Å². The lowest BCUT2D eigenvalue weighted by Crippen LogP contribution is -2.27. The van der Waals surface area contributed by atoms with Gasteiger partial charge in [-0.25, -0.2) is 0 Å². The molecule has 1 aromatic heterocycles. The maximum absolute atomic E-state index is 12.4. The van der Waals surface area contributed by atoms with Crippen LogP contribution in [0.25, 0.3) is 0 Å². The van der Waals surface area contributed by atoms with Gasteiger partial charge in [0.1, 0.15) is 12.2 Å². The molecule has 21 heavy (non-hydrogen) atoms. The largest absolute Gasteiger partial charge is 0.406 e. The van der Waals surface area contributed by atoms with Crippen molar-refractivity contribution in [2.45, 2.75) is 19.3 Å². The molecule has 0 bridgehead atoms. The topological polar surface area (TPSA) is 34.0 Å². The first-order valence-electron chi connectivity index (χ1n) is 6.10. The molecule has 0 aliphatic heterocycles. The van der Waals surface area contributed by atoms with Crippen LogP contribution in [0, 0.1) is 0 Å².